The molecule has 0 spiro atoms. The summed E-state index contributed by atoms with van der Waals surface area (Å²) in [5.74, 6) is -1.88. The lowest BCUT2D eigenvalue weighted by Gasteiger charge is -2.31. The summed E-state index contributed by atoms with van der Waals surface area (Å²) in [5, 5.41) is 14.6. The Morgan fingerprint density at radius 3 is 2.11 bits per heavy atom. The quantitative estimate of drug-likeness (QED) is 0.317. The van der Waals surface area contributed by atoms with Crippen LogP contribution in [0.15, 0.2) is 30.3 Å². The predicted molar refractivity (Wildman–Crippen MR) is 137 cm³/mol. The van der Waals surface area contributed by atoms with E-state index in [-0.39, 0.29) is 35.3 Å². The number of carboxylic acids is 1. The van der Waals surface area contributed by atoms with E-state index in [1.807, 2.05) is 39.5 Å². The second-order valence-corrected chi connectivity index (χ2v) is 9.84. The standard InChI is InChI=1S/C27H37F2N3O3/c1-7-19(12-25(33)34)20-10-23(29)26(32(14-16(2)3)15-17(4)5)24(11-20)31-27(35)30-21-9-8-18(6)22(28)13-21/h8-11,13,16-17,19H,7,12,14-15H2,1-6H3,(H,33,34)(H2,30,31,35). The van der Waals surface area contributed by atoms with Gasteiger partial charge in [0.25, 0.3) is 0 Å². The van der Waals surface area contributed by atoms with Crippen molar-refractivity contribution in [3.8, 4) is 0 Å². The molecular formula is C27H37F2N3O3. The molecule has 0 aliphatic carbocycles. The minimum atomic E-state index is -0.976. The molecule has 0 saturated heterocycles. The molecule has 35 heavy (non-hydrogen) atoms. The van der Waals surface area contributed by atoms with Crippen molar-refractivity contribution in [2.45, 2.75) is 60.3 Å². The predicted octanol–water partition coefficient (Wildman–Crippen LogP) is 7.00. The highest BCUT2D eigenvalue weighted by atomic mass is 19.1. The molecule has 0 aliphatic rings. The lowest BCUT2D eigenvalue weighted by Crippen LogP contribution is -2.33. The van der Waals surface area contributed by atoms with E-state index < -0.39 is 29.6 Å². The number of aryl methyl sites for hydroxylation is 1. The molecule has 0 heterocycles. The number of rotatable bonds is 11. The molecule has 192 valence electrons. The largest absolute Gasteiger partial charge is 0.481 e. The number of carbonyl (C=O) groups excluding carboxylic acids is 1. The first-order valence-electron chi connectivity index (χ1n) is 12.1. The fraction of sp³-hybridized carbons (Fsp3) is 0.481. The van der Waals surface area contributed by atoms with Crippen LogP contribution in [-0.2, 0) is 4.79 Å². The monoisotopic (exact) mass is 489 g/mol. The van der Waals surface area contributed by atoms with Gasteiger partial charge in [-0.2, -0.15) is 0 Å². The zero-order valence-corrected chi connectivity index (χ0v) is 21.4. The summed E-state index contributed by atoms with van der Waals surface area (Å²) in [6.07, 6.45) is 0.354. The van der Waals surface area contributed by atoms with Gasteiger partial charge in [-0.1, -0.05) is 40.7 Å². The van der Waals surface area contributed by atoms with Gasteiger partial charge in [-0.25, -0.2) is 13.6 Å². The van der Waals surface area contributed by atoms with Gasteiger partial charge in [0.1, 0.15) is 11.6 Å². The van der Waals surface area contributed by atoms with Crippen molar-refractivity contribution in [1.29, 1.82) is 0 Å². The average molecular weight is 490 g/mol. The number of hydrogen-bond acceptors (Lipinski definition) is 3. The lowest BCUT2D eigenvalue weighted by molar-refractivity contribution is -0.137. The Labute approximate surface area is 206 Å². The molecule has 2 rings (SSSR count). The molecule has 8 heteroatoms. The molecule has 0 fully saturated rings. The third-order valence-electron chi connectivity index (χ3n) is 5.64. The molecule has 1 unspecified atom stereocenters. The minimum Gasteiger partial charge on any atom is -0.481 e. The first kappa shape index (κ1) is 28.1. The number of carboxylic acid groups (broad SMARTS) is 1. The number of benzene rings is 2. The van der Waals surface area contributed by atoms with Crippen LogP contribution in [0.3, 0.4) is 0 Å². The zero-order valence-electron chi connectivity index (χ0n) is 21.4. The maximum Gasteiger partial charge on any atom is 0.323 e. The van der Waals surface area contributed by atoms with Crippen LogP contribution >= 0.6 is 0 Å². The Kier molecular flexibility index (Phi) is 10.0. The molecule has 2 aromatic carbocycles. The fourth-order valence-electron chi connectivity index (χ4n) is 4.08. The van der Waals surface area contributed by atoms with Gasteiger partial charge in [-0.15, -0.1) is 0 Å². The van der Waals surface area contributed by atoms with Crippen molar-refractivity contribution < 1.29 is 23.5 Å². The first-order chi connectivity index (χ1) is 16.4. The number of nitrogens with zero attached hydrogens (tertiary/aromatic N) is 1. The van der Waals surface area contributed by atoms with Gasteiger partial charge in [-0.3, -0.25) is 4.79 Å². The molecule has 3 N–H and O–H groups in total. The number of amides is 2. The van der Waals surface area contributed by atoms with E-state index in [4.69, 9.17) is 0 Å². The minimum absolute atomic E-state index is 0.148. The highest BCUT2D eigenvalue weighted by molar-refractivity contribution is 6.02. The Hall–Kier alpha value is -3.16. The van der Waals surface area contributed by atoms with Crippen LogP contribution in [0.5, 0.6) is 0 Å². The van der Waals surface area contributed by atoms with E-state index in [0.717, 1.165) is 0 Å². The Morgan fingerprint density at radius 1 is 0.971 bits per heavy atom. The maximum absolute atomic E-state index is 15.7. The fourth-order valence-corrected chi connectivity index (χ4v) is 4.08. The highest BCUT2D eigenvalue weighted by Crippen LogP contribution is 2.36. The molecule has 6 nitrogen and oxygen atoms in total. The van der Waals surface area contributed by atoms with Gasteiger partial charge in [-0.05, 0) is 66.5 Å². The van der Waals surface area contributed by atoms with E-state index in [1.165, 1.54) is 12.1 Å². The summed E-state index contributed by atoms with van der Waals surface area (Å²) < 4.78 is 29.6. The van der Waals surface area contributed by atoms with Gasteiger partial charge < -0.3 is 20.6 Å². The van der Waals surface area contributed by atoms with E-state index in [9.17, 15) is 19.1 Å². The smallest absolute Gasteiger partial charge is 0.323 e. The van der Waals surface area contributed by atoms with Crippen molar-refractivity contribution in [3.63, 3.8) is 0 Å². The molecule has 2 aromatic rings. The summed E-state index contributed by atoms with van der Waals surface area (Å²) in [7, 11) is 0. The number of urea groups is 1. The summed E-state index contributed by atoms with van der Waals surface area (Å²) in [5.41, 5.74) is 1.72. The summed E-state index contributed by atoms with van der Waals surface area (Å²) in [6.45, 7) is 12.7. The van der Waals surface area contributed by atoms with Gasteiger partial charge in [0.2, 0.25) is 0 Å². The summed E-state index contributed by atoms with van der Waals surface area (Å²) in [4.78, 5) is 26.1. The van der Waals surface area contributed by atoms with Gasteiger partial charge >= 0.3 is 12.0 Å². The summed E-state index contributed by atoms with van der Waals surface area (Å²) >= 11 is 0. The van der Waals surface area contributed by atoms with Crippen molar-refractivity contribution in [1.82, 2.24) is 0 Å². The lowest BCUT2D eigenvalue weighted by atomic mass is 9.92. The molecule has 0 aromatic heterocycles. The highest BCUT2D eigenvalue weighted by Gasteiger charge is 2.24. The van der Waals surface area contributed by atoms with Crippen LogP contribution in [-0.4, -0.2) is 30.2 Å². The van der Waals surface area contributed by atoms with Crippen molar-refractivity contribution in [3.05, 3.63) is 53.1 Å². The summed E-state index contributed by atoms with van der Waals surface area (Å²) in [6, 6.07) is 6.74. The number of carbonyl (C=O) groups is 2. The van der Waals surface area contributed by atoms with Gasteiger partial charge in [0, 0.05) is 18.8 Å². The third-order valence-corrected chi connectivity index (χ3v) is 5.64. The molecule has 1 atom stereocenters. The van der Waals surface area contributed by atoms with Crippen LogP contribution in [0, 0.1) is 30.4 Å². The normalized spacial score (nSPS) is 12.1. The number of nitrogens with one attached hydrogen (secondary N) is 2. The molecule has 0 bridgehead atoms. The zero-order chi connectivity index (χ0) is 26.3. The van der Waals surface area contributed by atoms with E-state index in [2.05, 4.69) is 10.6 Å². The molecule has 0 aliphatic heterocycles. The van der Waals surface area contributed by atoms with Crippen molar-refractivity contribution in [2.24, 2.45) is 11.8 Å². The van der Waals surface area contributed by atoms with Crippen LogP contribution in [0.2, 0.25) is 0 Å². The Balaban J connectivity index is 2.51. The second kappa shape index (κ2) is 12.5. The number of aliphatic carboxylic acids is 1. The van der Waals surface area contributed by atoms with Crippen molar-refractivity contribution in [2.75, 3.05) is 28.6 Å². The molecule has 2 amide bonds. The SMILES string of the molecule is CCC(CC(=O)O)c1cc(F)c(N(CC(C)C)CC(C)C)c(NC(=O)Nc2ccc(C)c(F)c2)c1. The van der Waals surface area contributed by atoms with E-state index in [1.54, 1.807) is 25.1 Å². The van der Waals surface area contributed by atoms with Crippen LogP contribution in [0.1, 0.15) is 64.5 Å². The van der Waals surface area contributed by atoms with E-state index in [0.29, 0.717) is 30.6 Å². The molecule has 0 saturated carbocycles. The second-order valence-electron chi connectivity index (χ2n) is 9.84. The Bertz CT molecular complexity index is 1030. The van der Waals surface area contributed by atoms with Gasteiger partial charge in [0.05, 0.1) is 17.8 Å². The Morgan fingerprint density at radius 2 is 1.60 bits per heavy atom. The number of anilines is 3. The maximum atomic E-state index is 15.7. The van der Waals surface area contributed by atoms with Crippen molar-refractivity contribution >= 4 is 29.1 Å². The first-order valence-corrected chi connectivity index (χ1v) is 12.1. The van der Waals surface area contributed by atoms with Crippen LogP contribution < -0.4 is 15.5 Å². The van der Waals surface area contributed by atoms with Gasteiger partial charge in [0.15, 0.2) is 0 Å². The third kappa shape index (κ3) is 8.23. The van der Waals surface area contributed by atoms with E-state index >= 15 is 4.39 Å². The van der Waals surface area contributed by atoms with Crippen LogP contribution in [0.4, 0.5) is 30.6 Å². The molecule has 0 radical (unpaired) electrons. The topological polar surface area (TPSA) is 81.7 Å². The molecular weight excluding hydrogens is 452 g/mol. The van der Waals surface area contributed by atoms with Crippen LogP contribution in [0.25, 0.3) is 0 Å². The number of hydrogen-bond donors (Lipinski definition) is 3. The number of halogens is 2. The average Bonchev–Trinajstić information content (AvgIpc) is 2.73.